The van der Waals surface area contributed by atoms with Gasteiger partial charge in [-0.05, 0) is 11.8 Å². The number of nitrogens with one attached hydrogen (secondary N) is 1. The lowest BCUT2D eigenvalue weighted by Crippen LogP contribution is -2.21. The number of ether oxygens (including phenoxy) is 1. The Bertz CT molecular complexity index is 364. The van der Waals surface area contributed by atoms with Crippen LogP contribution >= 0.6 is 11.3 Å². The van der Waals surface area contributed by atoms with Crippen LogP contribution in [0.5, 0.6) is 0 Å². The van der Waals surface area contributed by atoms with Crippen LogP contribution in [0.4, 0.5) is 0 Å². The Balaban J connectivity index is 1.72. The van der Waals surface area contributed by atoms with E-state index in [9.17, 15) is 0 Å². The molecule has 4 nitrogen and oxygen atoms in total. The molecule has 0 spiro atoms. The molecule has 0 aromatic carbocycles. The highest BCUT2D eigenvalue weighted by Gasteiger charge is 2.48. The highest BCUT2D eigenvalue weighted by Crippen LogP contribution is 2.58. The predicted octanol–water partition coefficient (Wildman–Crippen LogP) is 1.83. The van der Waals surface area contributed by atoms with Crippen LogP contribution in [-0.2, 0) is 11.2 Å². The fraction of sp³-hybridized carbons (Fsp3) is 0.833. The van der Waals surface area contributed by atoms with Crippen molar-refractivity contribution < 1.29 is 4.74 Å². The molecule has 1 heterocycles. The molecule has 1 aromatic heterocycles. The maximum Gasteiger partial charge on any atom is 0.121 e. The van der Waals surface area contributed by atoms with E-state index in [2.05, 4.69) is 29.4 Å². The molecule has 1 aromatic rings. The van der Waals surface area contributed by atoms with E-state index in [1.54, 1.807) is 18.4 Å². The molecule has 0 amide bonds. The highest BCUT2D eigenvalue weighted by atomic mass is 32.1. The van der Waals surface area contributed by atoms with E-state index in [0.29, 0.717) is 11.3 Å². The Kier molecular flexibility index (Phi) is 4.12. The van der Waals surface area contributed by atoms with Crippen molar-refractivity contribution in [1.29, 1.82) is 0 Å². The van der Waals surface area contributed by atoms with Gasteiger partial charge in [-0.1, -0.05) is 13.8 Å². The third-order valence-electron chi connectivity index (χ3n) is 3.29. The summed E-state index contributed by atoms with van der Waals surface area (Å²) >= 11 is 1.78. The van der Waals surface area contributed by atoms with E-state index in [1.165, 1.54) is 11.4 Å². The lowest BCUT2D eigenvalue weighted by atomic mass is 10.1. The number of methoxy groups -OCH3 is 1. The summed E-state index contributed by atoms with van der Waals surface area (Å²) in [6.45, 7) is 7.21. The minimum atomic E-state index is 0.452. The van der Waals surface area contributed by atoms with Crippen LogP contribution in [0, 0.1) is 5.41 Å². The van der Waals surface area contributed by atoms with E-state index >= 15 is 0 Å². The first-order valence-corrected chi connectivity index (χ1v) is 6.97. The standard InChI is InChI=1S/C12H21N3OS/c1-12(2)8-9(12)11-15-14-10(17-11)4-5-13-6-7-16-3/h9,13H,4-8H2,1-3H3. The molecule has 2 rings (SSSR count). The third-order valence-corrected chi connectivity index (χ3v) is 4.39. The molecule has 1 N–H and O–H groups in total. The second-order valence-corrected chi connectivity index (χ2v) is 6.37. The van der Waals surface area contributed by atoms with Crippen molar-refractivity contribution in [1.82, 2.24) is 15.5 Å². The summed E-state index contributed by atoms with van der Waals surface area (Å²) in [4.78, 5) is 0. The van der Waals surface area contributed by atoms with Gasteiger partial charge < -0.3 is 10.1 Å². The fourth-order valence-corrected chi connectivity index (χ4v) is 3.05. The van der Waals surface area contributed by atoms with Gasteiger partial charge >= 0.3 is 0 Å². The zero-order valence-corrected chi connectivity index (χ0v) is 11.6. The highest BCUT2D eigenvalue weighted by molar-refractivity contribution is 7.11. The summed E-state index contributed by atoms with van der Waals surface area (Å²) in [5, 5.41) is 14.3. The smallest absolute Gasteiger partial charge is 0.121 e. The number of rotatable bonds is 7. The van der Waals surface area contributed by atoms with Gasteiger partial charge in [0.05, 0.1) is 6.61 Å². The maximum atomic E-state index is 4.97. The van der Waals surface area contributed by atoms with Gasteiger partial charge in [0.15, 0.2) is 0 Å². The Labute approximate surface area is 107 Å². The molecule has 5 heteroatoms. The molecule has 1 aliphatic carbocycles. The SMILES string of the molecule is COCCNCCc1nnc(C2CC2(C)C)s1. The average molecular weight is 255 g/mol. The third kappa shape index (κ3) is 3.47. The summed E-state index contributed by atoms with van der Waals surface area (Å²) in [5.41, 5.74) is 0.452. The van der Waals surface area contributed by atoms with Gasteiger partial charge in [-0.15, -0.1) is 21.5 Å². The van der Waals surface area contributed by atoms with Crippen LogP contribution in [0.2, 0.25) is 0 Å². The van der Waals surface area contributed by atoms with Gasteiger partial charge in [-0.3, -0.25) is 0 Å². The number of hydrogen-bond acceptors (Lipinski definition) is 5. The lowest BCUT2D eigenvalue weighted by Gasteiger charge is -2.00. The van der Waals surface area contributed by atoms with Crippen molar-refractivity contribution in [2.45, 2.75) is 32.6 Å². The molecule has 96 valence electrons. The van der Waals surface area contributed by atoms with Crippen LogP contribution in [0.3, 0.4) is 0 Å². The lowest BCUT2D eigenvalue weighted by molar-refractivity contribution is 0.199. The fourth-order valence-electron chi connectivity index (χ4n) is 1.89. The van der Waals surface area contributed by atoms with Gasteiger partial charge in [-0.25, -0.2) is 0 Å². The normalized spacial score (nSPS) is 21.7. The van der Waals surface area contributed by atoms with Crippen molar-refractivity contribution in [3.05, 3.63) is 10.0 Å². The number of hydrogen-bond donors (Lipinski definition) is 1. The summed E-state index contributed by atoms with van der Waals surface area (Å²) < 4.78 is 4.97. The van der Waals surface area contributed by atoms with E-state index in [1.807, 2.05) is 0 Å². The van der Waals surface area contributed by atoms with Gasteiger partial charge in [0.2, 0.25) is 0 Å². The Hall–Kier alpha value is -0.520. The quantitative estimate of drug-likeness (QED) is 0.755. The number of nitrogens with zero attached hydrogens (tertiary/aromatic N) is 2. The van der Waals surface area contributed by atoms with Crippen molar-refractivity contribution in [2.24, 2.45) is 5.41 Å². The first-order valence-electron chi connectivity index (χ1n) is 6.15. The Morgan fingerprint density at radius 3 is 2.82 bits per heavy atom. The zero-order chi connectivity index (χ0) is 12.3. The average Bonchev–Trinajstić information content (AvgIpc) is 2.75. The summed E-state index contributed by atoms with van der Waals surface area (Å²) in [6.07, 6.45) is 2.22. The Morgan fingerprint density at radius 2 is 2.18 bits per heavy atom. The van der Waals surface area contributed by atoms with E-state index in [0.717, 1.165) is 31.1 Å². The van der Waals surface area contributed by atoms with E-state index in [-0.39, 0.29) is 0 Å². The summed E-state index contributed by atoms with van der Waals surface area (Å²) in [6, 6.07) is 0. The first kappa shape index (κ1) is 12.9. The van der Waals surface area contributed by atoms with E-state index in [4.69, 9.17) is 4.74 Å². The van der Waals surface area contributed by atoms with Crippen LogP contribution in [0.25, 0.3) is 0 Å². The molecule has 1 saturated carbocycles. The monoisotopic (exact) mass is 255 g/mol. The van der Waals surface area contributed by atoms with Crippen LogP contribution < -0.4 is 5.32 Å². The molecule has 17 heavy (non-hydrogen) atoms. The molecule has 0 radical (unpaired) electrons. The topological polar surface area (TPSA) is 47.0 Å². The van der Waals surface area contributed by atoms with Gasteiger partial charge in [0.1, 0.15) is 10.0 Å². The zero-order valence-electron chi connectivity index (χ0n) is 10.8. The van der Waals surface area contributed by atoms with Crippen LogP contribution in [-0.4, -0.2) is 37.0 Å². The van der Waals surface area contributed by atoms with E-state index < -0.39 is 0 Å². The second-order valence-electron chi connectivity index (χ2n) is 5.27. The van der Waals surface area contributed by atoms with Crippen LogP contribution in [0.1, 0.15) is 36.2 Å². The first-order chi connectivity index (χ1) is 8.13. The molecular weight excluding hydrogens is 234 g/mol. The molecule has 1 atom stereocenters. The largest absolute Gasteiger partial charge is 0.383 e. The number of aromatic nitrogens is 2. The second kappa shape index (κ2) is 5.42. The summed E-state index contributed by atoms with van der Waals surface area (Å²) in [5.74, 6) is 0.648. The van der Waals surface area contributed by atoms with Crippen molar-refractivity contribution in [2.75, 3.05) is 26.8 Å². The van der Waals surface area contributed by atoms with Gasteiger partial charge in [0, 0.05) is 32.5 Å². The van der Waals surface area contributed by atoms with Crippen molar-refractivity contribution in [3.8, 4) is 0 Å². The molecular formula is C12H21N3OS. The molecule has 1 unspecified atom stereocenters. The molecule has 0 bridgehead atoms. The molecule has 0 aliphatic heterocycles. The van der Waals surface area contributed by atoms with Crippen molar-refractivity contribution in [3.63, 3.8) is 0 Å². The molecule has 1 fully saturated rings. The molecule has 0 saturated heterocycles. The minimum Gasteiger partial charge on any atom is -0.383 e. The van der Waals surface area contributed by atoms with Crippen molar-refractivity contribution >= 4 is 11.3 Å². The van der Waals surface area contributed by atoms with Gasteiger partial charge in [-0.2, -0.15) is 0 Å². The Morgan fingerprint density at radius 1 is 1.41 bits per heavy atom. The van der Waals surface area contributed by atoms with Crippen LogP contribution in [0.15, 0.2) is 0 Å². The molecule has 1 aliphatic rings. The predicted molar refractivity (Wildman–Crippen MR) is 69.5 cm³/mol. The maximum absolute atomic E-state index is 4.97. The summed E-state index contributed by atoms with van der Waals surface area (Å²) in [7, 11) is 1.72. The minimum absolute atomic E-state index is 0.452. The van der Waals surface area contributed by atoms with Gasteiger partial charge in [0.25, 0.3) is 0 Å².